The minimum Gasteiger partial charge on any atom is -0.496 e. The molecule has 3 aromatic carbocycles. The van der Waals surface area contributed by atoms with Crippen LogP contribution >= 0.6 is 11.8 Å². The molecule has 31 heavy (non-hydrogen) atoms. The van der Waals surface area contributed by atoms with Crippen LogP contribution < -0.4 is 14.8 Å². The van der Waals surface area contributed by atoms with Gasteiger partial charge in [0.25, 0.3) is 5.91 Å². The van der Waals surface area contributed by atoms with Crippen molar-refractivity contribution in [3.63, 3.8) is 0 Å². The summed E-state index contributed by atoms with van der Waals surface area (Å²) in [7, 11) is 1.66. The molecule has 0 aliphatic heterocycles. The van der Waals surface area contributed by atoms with Crippen LogP contribution in [0.5, 0.6) is 11.5 Å². The van der Waals surface area contributed by atoms with Gasteiger partial charge in [-0.1, -0.05) is 37.3 Å². The second-order valence-electron chi connectivity index (χ2n) is 7.20. The monoisotopic (exact) mass is 435 g/mol. The third-order valence-electron chi connectivity index (χ3n) is 5.02. The van der Waals surface area contributed by atoms with Crippen LogP contribution in [0.2, 0.25) is 0 Å². The summed E-state index contributed by atoms with van der Waals surface area (Å²) < 4.78 is 11.1. The van der Waals surface area contributed by atoms with Crippen LogP contribution in [0.3, 0.4) is 0 Å². The molecule has 0 aromatic heterocycles. The van der Waals surface area contributed by atoms with Crippen molar-refractivity contribution in [2.45, 2.75) is 31.2 Å². The van der Waals surface area contributed by atoms with Gasteiger partial charge >= 0.3 is 0 Å². The number of ether oxygens (including phenoxy) is 2. The number of carbonyl (C=O) groups excluding carboxylic acids is 1. The molecule has 3 rings (SSSR count). The first-order chi connectivity index (χ1) is 15.1. The second kappa shape index (κ2) is 11.5. The van der Waals surface area contributed by atoms with Crippen molar-refractivity contribution >= 4 is 17.7 Å². The van der Waals surface area contributed by atoms with Crippen LogP contribution in [0.25, 0.3) is 0 Å². The van der Waals surface area contributed by atoms with E-state index < -0.39 is 0 Å². The number of methoxy groups -OCH3 is 1. The van der Waals surface area contributed by atoms with Crippen molar-refractivity contribution in [2.24, 2.45) is 0 Å². The summed E-state index contributed by atoms with van der Waals surface area (Å²) in [4.78, 5) is 14.0. The van der Waals surface area contributed by atoms with E-state index in [0.717, 1.165) is 34.8 Å². The Kier molecular flexibility index (Phi) is 8.42. The molecule has 0 saturated heterocycles. The number of carbonyl (C=O) groups is 1. The Morgan fingerprint density at radius 3 is 2.42 bits per heavy atom. The molecule has 0 unspecified atom stereocenters. The standard InChI is InChI=1S/C26H29NO3S/c1-4-24(21-12-15-25(29-3)19(2)18-21)27-26(28)20-10-13-22(14-11-20)30-16-17-31-23-8-6-5-7-9-23/h5-15,18,24H,4,16-17H2,1-3H3,(H,27,28)/t24-/m0/s1. The molecule has 3 aromatic rings. The highest BCUT2D eigenvalue weighted by atomic mass is 32.2. The van der Waals surface area contributed by atoms with Crippen molar-refractivity contribution in [2.75, 3.05) is 19.5 Å². The summed E-state index contributed by atoms with van der Waals surface area (Å²) in [6.45, 7) is 4.68. The quantitative estimate of drug-likeness (QED) is 0.311. The van der Waals surface area contributed by atoms with E-state index in [-0.39, 0.29) is 11.9 Å². The molecule has 0 spiro atoms. The molecule has 0 heterocycles. The number of hydrogen-bond acceptors (Lipinski definition) is 4. The highest BCUT2D eigenvalue weighted by Crippen LogP contribution is 2.25. The summed E-state index contributed by atoms with van der Waals surface area (Å²) >= 11 is 1.76. The Balaban J connectivity index is 1.52. The largest absolute Gasteiger partial charge is 0.496 e. The zero-order valence-electron chi connectivity index (χ0n) is 18.3. The Bertz CT molecular complexity index is 974. The number of benzene rings is 3. The van der Waals surface area contributed by atoms with Crippen molar-refractivity contribution in [1.29, 1.82) is 0 Å². The van der Waals surface area contributed by atoms with E-state index in [4.69, 9.17) is 9.47 Å². The fourth-order valence-corrected chi connectivity index (χ4v) is 4.07. The number of aryl methyl sites for hydroxylation is 1. The minimum absolute atomic E-state index is 0.0527. The average molecular weight is 436 g/mol. The van der Waals surface area contributed by atoms with E-state index in [0.29, 0.717) is 12.2 Å². The molecule has 0 aliphatic rings. The zero-order valence-corrected chi connectivity index (χ0v) is 19.1. The Labute approximate surface area is 189 Å². The maximum atomic E-state index is 12.7. The van der Waals surface area contributed by atoms with E-state index in [1.807, 2.05) is 49.4 Å². The van der Waals surface area contributed by atoms with Gasteiger partial charge in [0.2, 0.25) is 0 Å². The van der Waals surface area contributed by atoms with Crippen LogP contribution in [0, 0.1) is 6.92 Å². The fraction of sp³-hybridized carbons (Fsp3) is 0.269. The van der Waals surface area contributed by atoms with E-state index in [2.05, 4.69) is 30.4 Å². The van der Waals surface area contributed by atoms with Gasteiger partial charge in [-0.15, -0.1) is 11.8 Å². The second-order valence-corrected chi connectivity index (χ2v) is 8.37. The lowest BCUT2D eigenvalue weighted by Crippen LogP contribution is -2.28. The molecular formula is C26H29NO3S. The molecule has 1 N–H and O–H groups in total. The van der Waals surface area contributed by atoms with Crippen molar-refractivity contribution < 1.29 is 14.3 Å². The van der Waals surface area contributed by atoms with Crippen molar-refractivity contribution in [3.05, 3.63) is 89.5 Å². The van der Waals surface area contributed by atoms with E-state index in [1.165, 1.54) is 4.90 Å². The lowest BCUT2D eigenvalue weighted by Gasteiger charge is -2.19. The first-order valence-electron chi connectivity index (χ1n) is 10.5. The smallest absolute Gasteiger partial charge is 0.251 e. The van der Waals surface area contributed by atoms with E-state index in [1.54, 1.807) is 31.0 Å². The van der Waals surface area contributed by atoms with Gasteiger partial charge in [-0.05, 0) is 66.9 Å². The van der Waals surface area contributed by atoms with Crippen LogP contribution in [0.15, 0.2) is 77.7 Å². The topological polar surface area (TPSA) is 47.6 Å². The molecule has 5 heteroatoms. The van der Waals surface area contributed by atoms with Gasteiger partial charge in [-0.2, -0.15) is 0 Å². The van der Waals surface area contributed by atoms with Gasteiger partial charge in [0.1, 0.15) is 11.5 Å². The van der Waals surface area contributed by atoms with Gasteiger partial charge in [0, 0.05) is 16.2 Å². The molecule has 1 amide bonds. The molecule has 0 aliphatic carbocycles. The first kappa shape index (κ1) is 22.8. The lowest BCUT2D eigenvalue weighted by atomic mass is 10.0. The molecule has 0 fully saturated rings. The van der Waals surface area contributed by atoms with Crippen molar-refractivity contribution in [3.8, 4) is 11.5 Å². The highest BCUT2D eigenvalue weighted by molar-refractivity contribution is 7.99. The number of thioether (sulfide) groups is 1. The van der Waals surface area contributed by atoms with Gasteiger partial charge in [0.05, 0.1) is 19.8 Å². The maximum Gasteiger partial charge on any atom is 0.251 e. The number of rotatable bonds is 10. The molecule has 4 nitrogen and oxygen atoms in total. The predicted molar refractivity (Wildman–Crippen MR) is 127 cm³/mol. The highest BCUT2D eigenvalue weighted by Gasteiger charge is 2.15. The molecule has 162 valence electrons. The van der Waals surface area contributed by atoms with Crippen LogP contribution in [0.1, 0.15) is 40.9 Å². The summed E-state index contributed by atoms with van der Waals surface area (Å²) in [5.41, 5.74) is 2.75. The fourth-order valence-electron chi connectivity index (χ4n) is 3.32. The molecule has 0 bridgehead atoms. The third kappa shape index (κ3) is 6.53. The number of hydrogen-bond donors (Lipinski definition) is 1. The van der Waals surface area contributed by atoms with Crippen molar-refractivity contribution in [1.82, 2.24) is 5.32 Å². The lowest BCUT2D eigenvalue weighted by molar-refractivity contribution is 0.0935. The molecular weight excluding hydrogens is 406 g/mol. The molecule has 0 radical (unpaired) electrons. The Hall–Kier alpha value is -2.92. The number of amides is 1. The van der Waals surface area contributed by atoms with Gasteiger partial charge in [0.15, 0.2) is 0 Å². The summed E-state index contributed by atoms with van der Waals surface area (Å²) in [5, 5.41) is 3.13. The third-order valence-corrected chi connectivity index (χ3v) is 5.99. The van der Waals surface area contributed by atoms with Gasteiger partial charge < -0.3 is 14.8 Å². The SMILES string of the molecule is CC[C@H](NC(=O)c1ccc(OCCSc2ccccc2)cc1)c1ccc(OC)c(C)c1. The predicted octanol–water partition coefficient (Wildman–Crippen LogP) is 6.06. The van der Waals surface area contributed by atoms with E-state index >= 15 is 0 Å². The normalized spacial score (nSPS) is 11.6. The zero-order chi connectivity index (χ0) is 22.1. The number of nitrogens with one attached hydrogen (secondary N) is 1. The van der Waals surface area contributed by atoms with Gasteiger partial charge in [-0.3, -0.25) is 4.79 Å². The molecule has 0 saturated carbocycles. The summed E-state index contributed by atoms with van der Waals surface area (Å²) in [5.74, 6) is 2.39. The Morgan fingerprint density at radius 2 is 1.77 bits per heavy atom. The van der Waals surface area contributed by atoms with Crippen LogP contribution in [-0.4, -0.2) is 25.4 Å². The Morgan fingerprint density at radius 1 is 1.03 bits per heavy atom. The summed E-state index contributed by atoms with van der Waals surface area (Å²) in [6.07, 6.45) is 0.803. The van der Waals surface area contributed by atoms with Gasteiger partial charge in [-0.25, -0.2) is 0 Å². The molecule has 1 atom stereocenters. The van der Waals surface area contributed by atoms with Crippen LogP contribution in [-0.2, 0) is 0 Å². The average Bonchev–Trinajstić information content (AvgIpc) is 2.81. The maximum absolute atomic E-state index is 12.7. The minimum atomic E-state index is -0.0912. The van der Waals surface area contributed by atoms with E-state index in [9.17, 15) is 4.79 Å². The summed E-state index contributed by atoms with van der Waals surface area (Å²) in [6, 6.07) is 23.5. The first-order valence-corrected chi connectivity index (χ1v) is 11.5. The van der Waals surface area contributed by atoms with Crippen LogP contribution in [0.4, 0.5) is 0 Å².